The molecule has 2 aromatic carbocycles. The van der Waals surface area contributed by atoms with Crippen molar-refractivity contribution in [2.24, 2.45) is 0 Å². The summed E-state index contributed by atoms with van der Waals surface area (Å²) in [5, 5.41) is 33.8. The molecule has 1 aliphatic heterocycles. The van der Waals surface area contributed by atoms with Gasteiger partial charge in [-0.2, -0.15) is 0 Å². The lowest BCUT2D eigenvalue weighted by Gasteiger charge is -2.45. The van der Waals surface area contributed by atoms with Gasteiger partial charge in [-0.05, 0) is 73.9 Å². The van der Waals surface area contributed by atoms with Crippen LogP contribution in [-0.2, 0) is 14.4 Å². The molecule has 2 fully saturated rings. The highest BCUT2D eigenvalue weighted by molar-refractivity contribution is 5.88. The maximum Gasteiger partial charge on any atom is 0.336 e. The molecular formula is C33H38N2O7. The van der Waals surface area contributed by atoms with Crippen LogP contribution in [0.5, 0.6) is 0 Å². The molecule has 3 aromatic rings. The van der Waals surface area contributed by atoms with Crippen LogP contribution in [-0.4, -0.2) is 73.0 Å². The number of aromatic nitrogens is 1. The Morgan fingerprint density at radius 2 is 1.21 bits per heavy atom. The molecule has 2 aliphatic rings. The Labute approximate surface area is 245 Å². The van der Waals surface area contributed by atoms with Gasteiger partial charge in [0.05, 0.1) is 12.8 Å². The van der Waals surface area contributed by atoms with Crippen LogP contribution in [0.3, 0.4) is 0 Å². The number of aliphatic hydroxyl groups is 1. The third-order valence-electron chi connectivity index (χ3n) is 8.35. The fourth-order valence-electron chi connectivity index (χ4n) is 6.45. The van der Waals surface area contributed by atoms with E-state index in [-0.39, 0.29) is 0 Å². The van der Waals surface area contributed by atoms with Crippen LogP contribution < -0.4 is 0 Å². The molecule has 9 nitrogen and oxygen atoms in total. The molecule has 4 N–H and O–H groups in total. The zero-order valence-corrected chi connectivity index (χ0v) is 23.5. The van der Waals surface area contributed by atoms with Gasteiger partial charge in [0.25, 0.3) is 0 Å². The summed E-state index contributed by atoms with van der Waals surface area (Å²) in [6.45, 7) is 2.53. The zero-order chi connectivity index (χ0) is 30.1. The molecule has 0 spiro atoms. The van der Waals surface area contributed by atoms with Gasteiger partial charge < -0.3 is 25.3 Å². The number of nitrogens with zero attached hydrogens (tertiary/aromatic N) is 2. The fraction of sp³-hybridized carbons (Fsp3) is 0.394. The van der Waals surface area contributed by atoms with Crippen LogP contribution in [0.15, 0.2) is 85.1 Å². The number of hydrogen-bond acceptors (Lipinski definition) is 6. The van der Waals surface area contributed by atoms with Gasteiger partial charge in [0, 0.05) is 23.9 Å². The lowest BCUT2D eigenvalue weighted by molar-refractivity contribution is -0.170. The van der Waals surface area contributed by atoms with Crippen molar-refractivity contribution in [2.45, 2.75) is 67.9 Å². The number of pyridine rings is 1. The minimum atomic E-state index is -2.74. The summed E-state index contributed by atoms with van der Waals surface area (Å²) in [5.74, 6) is -3.61. The summed E-state index contributed by atoms with van der Waals surface area (Å²) in [6, 6.07) is 29.5. The second-order valence-electron chi connectivity index (χ2n) is 11.2. The molecule has 9 heteroatoms. The summed E-state index contributed by atoms with van der Waals surface area (Å²) in [4.78, 5) is 38.1. The third kappa shape index (κ3) is 7.80. The molecule has 0 amide bonds. The van der Waals surface area contributed by atoms with Gasteiger partial charge in [0.2, 0.25) is 0 Å². The maximum absolute atomic E-state index is 10.3. The van der Waals surface area contributed by atoms with E-state index in [2.05, 4.69) is 77.7 Å². The number of carboxylic acids is 3. The largest absolute Gasteiger partial charge is 0.481 e. The summed E-state index contributed by atoms with van der Waals surface area (Å²) >= 11 is 0. The molecule has 0 bridgehead atoms. The van der Waals surface area contributed by atoms with E-state index in [9.17, 15) is 14.4 Å². The second-order valence-corrected chi connectivity index (χ2v) is 11.2. The molecule has 1 aliphatic carbocycles. The fourth-order valence-corrected chi connectivity index (χ4v) is 6.45. The Morgan fingerprint density at radius 3 is 1.62 bits per heavy atom. The summed E-state index contributed by atoms with van der Waals surface area (Å²) < 4.78 is 0. The van der Waals surface area contributed by atoms with E-state index in [0.717, 1.165) is 0 Å². The number of carbonyl (C=O) groups is 3. The van der Waals surface area contributed by atoms with Crippen LogP contribution in [0.4, 0.5) is 0 Å². The highest BCUT2D eigenvalue weighted by Crippen LogP contribution is 2.52. The van der Waals surface area contributed by atoms with E-state index in [1.165, 1.54) is 55.6 Å². The quantitative estimate of drug-likeness (QED) is 0.284. The lowest BCUT2D eigenvalue weighted by atomic mass is 9.64. The van der Waals surface area contributed by atoms with Crippen molar-refractivity contribution in [1.82, 2.24) is 9.88 Å². The first-order valence-electron chi connectivity index (χ1n) is 14.3. The highest BCUT2D eigenvalue weighted by atomic mass is 16.4. The number of benzene rings is 2. The van der Waals surface area contributed by atoms with Crippen LogP contribution in [0.25, 0.3) is 0 Å². The van der Waals surface area contributed by atoms with Crippen molar-refractivity contribution in [3.8, 4) is 0 Å². The lowest BCUT2D eigenvalue weighted by Crippen LogP contribution is -2.42. The number of aliphatic carboxylic acids is 3. The van der Waals surface area contributed by atoms with E-state index in [0.29, 0.717) is 23.8 Å². The standard InChI is InChI=1S/C27H30N2.C6H8O7/c1-3-11-21(12-4-1)24-19-23(29-17-9-10-18-29)20-25(22-13-5-2-6-14-22)27(24)26-15-7-8-16-28-26;7-3(8)1-6(13,5(11)12)2-4(9)10/h1-8,11-16,23-25,27H,9-10,17-20H2;13H,1-2H2,(H,7,8)(H,9,10)(H,11,12). The first kappa shape index (κ1) is 30.9. The molecule has 1 aromatic heterocycles. The minimum Gasteiger partial charge on any atom is -0.481 e. The molecule has 5 rings (SSSR count). The SMILES string of the molecule is O=C(O)CC(O)(CC(=O)O)C(=O)O.c1ccc(C2CC(N3CCCC3)CC(c3ccccc3)C2c2ccccn2)cc1. The predicted octanol–water partition coefficient (Wildman–Crippen LogP) is 4.74. The van der Waals surface area contributed by atoms with Crippen LogP contribution in [0, 0.1) is 0 Å². The van der Waals surface area contributed by atoms with Crippen LogP contribution in [0.1, 0.15) is 73.1 Å². The molecule has 1 saturated heterocycles. The monoisotopic (exact) mass is 574 g/mol. The highest BCUT2D eigenvalue weighted by Gasteiger charge is 2.43. The second kappa shape index (κ2) is 14.2. The average Bonchev–Trinajstić information content (AvgIpc) is 3.53. The smallest absolute Gasteiger partial charge is 0.336 e. The van der Waals surface area contributed by atoms with Crippen molar-refractivity contribution in [2.75, 3.05) is 13.1 Å². The molecular weight excluding hydrogens is 536 g/mol. The van der Waals surface area contributed by atoms with Gasteiger partial charge in [-0.25, -0.2) is 4.79 Å². The number of hydrogen-bond donors (Lipinski definition) is 4. The number of rotatable bonds is 9. The molecule has 2 atom stereocenters. The molecule has 42 heavy (non-hydrogen) atoms. The van der Waals surface area contributed by atoms with Crippen LogP contribution in [0.2, 0.25) is 0 Å². The summed E-state index contributed by atoms with van der Waals surface area (Å²) in [5.41, 5.74) is 1.44. The Hall–Kier alpha value is -4.08. The topological polar surface area (TPSA) is 148 Å². The molecule has 1 saturated carbocycles. The van der Waals surface area contributed by atoms with E-state index in [1.807, 2.05) is 12.3 Å². The van der Waals surface area contributed by atoms with Crippen molar-refractivity contribution in [3.63, 3.8) is 0 Å². The molecule has 0 radical (unpaired) electrons. The van der Waals surface area contributed by atoms with Gasteiger partial charge in [0.1, 0.15) is 0 Å². The normalized spacial score (nSPS) is 22.5. The van der Waals surface area contributed by atoms with E-state index >= 15 is 0 Å². The number of carboxylic acid groups (broad SMARTS) is 3. The average molecular weight is 575 g/mol. The first-order valence-corrected chi connectivity index (χ1v) is 14.3. The summed E-state index contributed by atoms with van der Waals surface area (Å²) in [6.07, 6.45) is 4.84. The maximum atomic E-state index is 10.3. The van der Waals surface area contributed by atoms with E-state index < -0.39 is 36.4 Å². The first-order chi connectivity index (χ1) is 20.2. The van der Waals surface area contributed by atoms with Crippen molar-refractivity contribution in [3.05, 3.63) is 102 Å². The zero-order valence-electron chi connectivity index (χ0n) is 23.5. The van der Waals surface area contributed by atoms with Crippen molar-refractivity contribution < 1.29 is 34.8 Å². The van der Waals surface area contributed by atoms with Crippen molar-refractivity contribution in [1.29, 1.82) is 0 Å². The van der Waals surface area contributed by atoms with E-state index in [1.54, 1.807) is 0 Å². The Bertz CT molecular complexity index is 1250. The predicted molar refractivity (Wildman–Crippen MR) is 156 cm³/mol. The molecule has 2 heterocycles. The van der Waals surface area contributed by atoms with Gasteiger partial charge in [-0.3, -0.25) is 14.6 Å². The van der Waals surface area contributed by atoms with Gasteiger partial charge >= 0.3 is 17.9 Å². The van der Waals surface area contributed by atoms with Crippen LogP contribution >= 0.6 is 0 Å². The van der Waals surface area contributed by atoms with Gasteiger partial charge in [0.15, 0.2) is 5.60 Å². The molecule has 2 unspecified atom stereocenters. The van der Waals surface area contributed by atoms with E-state index in [4.69, 9.17) is 25.4 Å². The van der Waals surface area contributed by atoms with Gasteiger partial charge in [-0.1, -0.05) is 66.7 Å². The summed E-state index contributed by atoms with van der Waals surface area (Å²) in [7, 11) is 0. The van der Waals surface area contributed by atoms with Gasteiger partial charge in [-0.15, -0.1) is 0 Å². The Kier molecular flexibility index (Phi) is 10.4. The Balaban J connectivity index is 0.000000266. The third-order valence-corrected chi connectivity index (χ3v) is 8.35. The Morgan fingerprint density at radius 1 is 0.738 bits per heavy atom. The minimum absolute atomic E-state index is 0.417. The number of likely N-dealkylation sites (tertiary alicyclic amines) is 1. The molecule has 222 valence electrons. The van der Waals surface area contributed by atoms with Crippen molar-refractivity contribution >= 4 is 17.9 Å².